The molecule has 3 aromatic rings. The van der Waals surface area contributed by atoms with Crippen molar-refractivity contribution in [3.05, 3.63) is 39.7 Å². The quantitative estimate of drug-likeness (QED) is 0.538. The van der Waals surface area contributed by atoms with Gasteiger partial charge < -0.3 is 13.9 Å². The molecule has 8 heteroatoms. The zero-order valence-electron chi connectivity index (χ0n) is 12.4. The van der Waals surface area contributed by atoms with Gasteiger partial charge in [-0.25, -0.2) is 0 Å². The number of halogens is 1. The lowest BCUT2D eigenvalue weighted by atomic mass is 10.2. The topological polar surface area (TPSA) is 57.4 Å². The summed E-state index contributed by atoms with van der Waals surface area (Å²) in [5, 5.41) is 10.7. The molecule has 0 amide bonds. The van der Waals surface area contributed by atoms with Gasteiger partial charge in [-0.1, -0.05) is 33.8 Å². The Bertz CT molecular complexity index is 790. The molecule has 0 radical (unpaired) electrons. The van der Waals surface area contributed by atoms with Crippen molar-refractivity contribution < 1.29 is 13.9 Å². The fraction of sp³-hybridized carbons (Fsp3) is 0.200. The molecular weight excluding hydrogens is 400 g/mol. The van der Waals surface area contributed by atoms with Crippen LogP contribution in [0.15, 0.2) is 43.8 Å². The minimum atomic E-state index is 0.537. The summed E-state index contributed by atoms with van der Waals surface area (Å²) in [6, 6.07) is 7.74. The summed E-state index contributed by atoms with van der Waals surface area (Å²) in [5.74, 6) is 2.60. The lowest BCUT2D eigenvalue weighted by molar-refractivity contribution is 0.354. The van der Waals surface area contributed by atoms with Gasteiger partial charge in [-0.05, 0) is 29.1 Å². The largest absolute Gasteiger partial charge is 0.493 e. The molecule has 0 aliphatic heterocycles. The highest BCUT2D eigenvalue weighted by Crippen LogP contribution is 2.36. The van der Waals surface area contributed by atoms with Crippen LogP contribution in [0.4, 0.5) is 0 Å². The molecule has 0 fully saturated rings. The molecule has 120 valence electrons. The molecule has 1 aromatic carbocycles. The molecule has 0 unspecified atom stereocenters. The monoisotopic (exact) mass is 412 g/mol. The molecule has 2 aromatic heterocycles. The summed E-state index contributed by atoms with van der Waals surface area (Å²) < 4.78 is 17.2. The Morgan fingerprint density at radius 1 is 1.22 bits per heavy atom. The summed E-state index contributed by atoms with van der Waals surface area (Å²) in [6.07, 6.45) is 0. The average molecular weight is 413 g/mol. The van der Waals surface area contributed by atoms with E-state index in [9.17, 15) is 0 Å². The normalized spacial score (nSPS) is 10.7. The van der Waals surface area contributed by atoms with Crippen LogP contribution in [0.2, 0.25) is 0 Å². The van der Waals surface area contributed by atoms with Gasteiger partial charge in [0.05, 0.1) is 19.1 Å². The zero-order valence-corrected chi connectivity index (χ0v) is 15.6. The van der Waals surface area contributed by atoms with E-state index in [-0.39, 0.29) is 0 Å². The van der Waals surface area contributed by atoms with Crippen LogP contribution in [-0.4, -0.2) is 24.4 Å². The van der Waals surface area contributed by atoms with Crippen molar-refractivity contribution in [1.29, 1.82) is 0 Å². The summed E-state index contributed by atoms with van der Waals surface area (Å²) in [4.78, 5) is 0.969. The number of nitrogens with zero attached hydrogens (tertiary/aromatic N) is 2. The predicted molar refractivity (Wildman–Crippen MR) is 94.4 cm³/mol. The Morgan fingerprint density at radius 2 is 2.00 bits per heavy atom. The van der Waals surface area contributed by atoms with E-state index in [1.54, 1.807) is 25.6 Å². The van der Waals surface area contributed by atoms with Crippen molar-refractivity contribution in [3.63, 3.8) is 0 Å². The molecule has 0 saturated carbocycles. The van der Waals surface area contributed by atoms with E-state index >= 15 is 0 Å². The Balaban J connectivity index is 1.73. The van der Waals surface area contributed by atoms with Crippen LogP contribution < -0.4 is 9.47 Å². The summed E-state index contributed by atoms with van der Waals surface area (Å²) in [6.45, 7) is 0. The summed E-state index contributed by atoms with van der Waals surface area (Å²) >= 11 is 6.60. The molecule has 0 bridgehead atoms. The molecule has 0 saturated heterocycles. The molecule has 0 N–H and O–H groups in total. The van der Waals surface area contributed by atoms with Crippen molar-refractivity contribution >= 4 is 39.0 Å². The first-order valence-electron chi connectivity index (χ1n) is 6.62. The van der Waals surface area contributed by atoms with Gasteiger partial charge in [-0.2, -0.15) is 0 Å². The Labute approximate surface area is 150 Å². The Hall–Kier alpha value is -1.51. The molecule has 0 aliphatic rings. The van der Waals surface area contributed by atoms with E-state index in [4.69, 9.17) is 13.9 Å². The van der Waals surface area contributed by atoms with Crippen LogP contribution in [0.5, 0.6) is 11.5 Å². The van der Waals surface area contributed by atoms with Gasteiger partial charge in [0, 0.05) is 10.2 Å². The summed E-state index contributed by atoms with van der Waals surface area (Å²) in [5.41, 5.74) is 1.06. The van der Waals surface area contributed by atoms with Gasteiger partial charge in [0.25, 0.3) is 11.1 Å². The Kier molecular flexibility index (Phi) is 5.24. The number of ether oxygens (including phenoxy) is 2. The van der Waals surface area contributed by atoms with Crippen LogP contribution in [0, 0.1) is 0 Å². The zero-order chi connectivity index (χ0) is 16.2. The number of rotatable bonds is 6. The number of benzene rings is 1. The molecular formula is C15H13BrN2O3S2. The van der Waals surface area contributed by atoms with E-state index in [2.05, 4.69) is 26.1 Å². The maximum Gasteiger partial charge on any atom is 0.277 e. The van der Waals surface area contributed by atoms with Gasteiger partial charge >= 0.3 is 0 Å². The highest BCUT2D eigenvalue weighted by atomic mass is 79.9. The highest BCUT2D eigenvalue weighted by Gasteiger charge is 2.13. The van der Waals surface area contributed by atoms with Crippen molar-refractivity contribution in [1.82, 2.24) is 10.2 Å². The van der Waals surface area contributed by atoms with E-state index in [1.807, 2.05) is 29.6 Å². The van der Waals surface area contributed by atoms with Gasteiger partial charge in [-0.3, -0.25) is 0 Å². The van der Waals surface area contributed by atoms with Crippen LogP contribution in [-0.2, 0) is 5.75 Å². The average Bonchev–Trinajstić information content (AvgIpc) is 3.24. The number of hydrogen-bond donors (Lipinski definition) is 0. The van der Waals surface area contributed by atoms with E-state index in [0.717, 1.165) is 14.9 Å². The number of aromatic nitrogens is 2. The van der Waals surface area contributed by atoms with Gasteiger partial charge in [0.2, 0.25) is 0 Å². The third kappa shape index (κ3) is 3.70. The first-order valence-corrected chi connectivity index (χ1v) is 9.27. The van der Waals surface area contributed by atoms with E-state index in [1.165, 1.54) is 11.8 Å². The van der Waals surface area contributed by atoms with Gasteiger partial charge in [0.15, 0.2) is 11.5 Å². The third-order valence-electron chi connectivity index (χ3n) is 3.04. The van der Waals surface area contributed by atoms with Crippen LogP contribution in [0.3, 0.4) is 0 Å². The van der Waals surface area contributed by atoms with Crippen LogP contribution in [0.25, 0.3) is 10.8 Å². The maximum atomic E-state index is 5.67. The maximum absolute atomic E-state index is 5.67. The van der Waals surface area contributed by atoms with E-state index < -0.39 is 0 Å². The molecule has 23 heavy (non-hydrogen) atoms. The standard InChI is InChI=1S/C15H13BrN2O3S2/c1-19-11-6-9(10(16)7-12(11)20-2)8-23-15-18-17-14(21-15)13-4-3-5-22-13/h3-7H,8H2,1-2H3. The molecule has 0 atom stereocenters. The number of thiophene rings is 1. The first-order chi connectivity index (χ1) is 11.2. The molecule has 0 aliphatic carbocycles. The van der Waals surface area contributed by atoms with E-state index in [0.29, 0.717) is 28.4 Å². The minimum absolute atomic E-state index is 0.537. The fourth-order valence-electron chi connectivity index (χ4n) is 1.91. The van der Waals surface area contributed by atoms with Gasteiger partial charge in [-0.15, -0.1) is 21.5 Å². The van der Waals surface area contributed by atoms with Crippen molar-refractivity contribution in [2.45, 2.75) is 11.0 Å². The third-order valence-corrected chi connectivity index (χ3v) is 5.51. The van der Waals surface area contributed by atoms with Crippen LogP contribution in [0.1, 0.15) is 5.56 Å². The molecule has 3 rings (SSSR count). The van der Waals surface area contributed by atoms with Crippen LogP contribution >= 0.6 is 39.0 Å². The summed E-state index contributed by atoms with van der Waals surface area (Å²) in [7, 11) is 3.23. The highest BCUT2D eigenvalue weighted by molar-refractivity contribution is 9.10. The first kappa shape index (κ1) is 16.4. The van der Waals surface area contributed by atoms with Gasteiger partial charge in [0.1, 0.15) is 0 Å². The lowest BCUT2D eigenvalue weighted by Gasteiger charge is -2.11. The molecule has 5 nitrogen and oxygen atoms in total. The van der Waals surface area contributed by atoms with Crippen molar-refractivity contribution in [2.24, 2.45) is 0 Å². The Morgan fingerprint density at radius 3 is 2.70 bits per heavy atom. The second kappa shape index (κ2) is 7.37. The molecule has 2 heterocycles. The minimum Gasteiger partial charge on any atom is -0.493 e. The van der Waals surface area contributed by atoms with Crippen molar-refractivity contribution in [2.75, 3.05) is 14.2 Å². The predicted octanol–water partition coefficient (Wildman–Crippen LogP) is 4.87. The smallest absolute Gasteiger partial charge is 0.277 e. The number of hydrogen-bond acceptors (Lipinski definition) is 7. The van der Waals surface area contributed by atoms with Crippen molar-refractivity contribution in [3.8, 4) is 22.3 Å². The fourth-order valence-corrected chi connectivity index (χ4v) is 3.96. The number of methoxy groups -OCH3 is 2. The molecule has 0 spiro atoms. The lowest BCUT2D eigenvalue weighted by Crippen LogP contribution is -1.93. The second-order valence-corrected chi connectivity index (χ2v) is 7.17. The SMILES string of the molecule is COc1cc(Br)c(CSc2nnc(-c3cccs3)o2)cc1OC. The second-order valence-electron chi connectivity index (χ2n) is 4.44. The number of thioether (sulfide) groups is 1.